The van der Waals surface area contributed by atoms with Crippen LogP contribution in [0, 0.1) is 0 Å². The molecule has 1 fully saturated rings. The van der Waals surface area contributed by atoms with E-state index in [4.69, 9.17) is 14.9 Å². The molecule has 0 bridgehead atoms. The van der Waals surface area contributed by atoms with Gasteiger partial charge >= 0.3 is 11.7 Å². The molecule has 5 atom stereocenters. The van der Waals surface area contributed by atoms with Crippen molar-refractivity contribution in [3.05, 3.63) is 63.4 Å². The number of rotatable bonds is 6. The molecule has 0 aliphatic carbocycles. The van der Waals surface area contributed by atoms with Gasteiger partial charge < -0.3 is 24.8 Å². The highest BCUT2D eigenvalue weighted by Gasteiger charge is 2.64. The zero-order chi connectivity index (χ0) is 28.4. The number of ether oxygens (including phenoxy) is 2. The van der Waals surface area contributed by atoms with Crippen molar-refractivity contribution in [1.82, 2.24) is 14.6 Å². The second-order valence-electron chi connectivity index (χ2n) is 8.25. The fraction of sp³-hybridized carbons (Fsp3) is 0.500. The lowest BCUT2D eigenvalue weighted by Gasteiger charge is -2.24. The molecule has 2 heterocycles. The number of carbonyl (C=O) groups excluding carboxylic acids is 1. The molecule has 0 amide bonds. The first-order valence-corrected chi connectivity index (χ1v) is 11.7. The lowest BCUT2D eigenvalue weighted by molar-refractivity contribution is -0.207. The van der Waals surface area contributed by atoms with Gasteiger partial charge in [-0.1, -0.05) is 18.2 Å². The summed E-state index contributed by atoms with van der Waals surface area (Å²) in [5.41, 5.74) is -4.40. The molecule has 5 N–H and O–H groups in total. The van der Waals surface area contributed by atoms with Crippen molar-refractivity contribution >= 4 is 14.6 Å². The van der Waals surface area contributed by atoms with Crippen molar-refractivity contribution < 1.29 is 42.9 Å². The maximum Gasteiger partial charge on any atom is 0.330 e. The third-order valence-corrected chi connectivity index (χ3v) is 5.25. The Kier molecular flexibility index (Phi) is 12.2. The monoisotopic (exact) mass is 549 g/mol. The van der Waals surface area contributed by atoms with Gasteiger partial charge in [-0.25, -0.2) is 18.7 Å². The van der Waals surface area contributed by atoms with E-state index in [1.165, 1.54) is 0 Å². The van der Waals surface area contributed by atoms with Crippen LogP contribution in [0.3, 0.4) is 0 Å². The predicted octanol–water partition coefficient (Wildman–Crippen LogP) is 1.33. The molecular weight excluding hydrogens is 519 g/mol. The van der Waals surface area contributed by atoms with Gasteiger partial charge in [-0.3, -0.25) is 23.7 Å². The van der Waals surface area contributed by atoms with Crippen molar-refractivity contribution in [3.63, 3.8) is 0 Å². The average molecular weight is 549 g/mol. The molecule has 1 aliphatic heterocycles. The molecule has 0 saturated carbocycles. The minimum absolute atomic E-state index is 0.130. The fourth-order valence-electron chi connectivity index (χ4n) is 2.88. The summed E-state index contributed by atoms with van der Waals surface area (Å²) in [6.07, 6.45) is -3.31. The number of hydrogen-bond donors (Lipinski definition) is 5. The van der Waals surface area contributed by atoms with E-state index in [-0.39, 0.29) is 20.7 Å². The number of nitrogens with zero attached hydrogens (tertiary/aromatic N) is 1. The molecule has 0 radical (unpaired) electrons. The van der Waals surface area contributed by atoms with Gasteiger partial charge in [0.2, 0.25) is 8.61 Å². The summed E-state index contributed by atoms with van der Waals surface area (Å²) in [6.45, 7) is 4.67. The Morgan fingerprint density at radius 1 is 1.24 bits per heavy atom. The Labute approximate surface area is 212 Å². The third kappa shape index (κ3) is 9.09. The van der Waals surface area contributed by atoms with Crippen LogP contribution in [0.25, 0.3) is 0 Å². The van der Waals surface area contributed by atoms with Gasteiger partial charge in [0, 0.05) is 12.3 Å². The highest BCUT2D eigenvalue weighted by molar-refractivity contribution is 7.21. The van der Waals surface area contributed by atoms with E-state index < -0.39 is 47.8 Å². The molecule has 2 aromatic rings. The minimum Gasteiger partial charge on any atom is -0.508 e. The maximum atomic E-state index is 14.3. The Balaban J connectivity index is 0.000000320. The van der Waals surface area contributed by atoms with Crippen LogP contribution < -0.4 is 16.3 Å². The number of alkyl halides is 2. The quantitative estimate of drug-likeness (QED) is 0.261. The molecule has 15 heteroatoms. The van der Waals surface area contributed by atoms with E-state index >= 15 is 0 Å². The molecule has 1 aliphatic rings. The SMILES string of the molecule is CC(C)OC(=O)[C@H](C)NP=O.C[C@]1(F)[C@H](n2ccc(=O)[nH]c2=O)O[C@](F)(CO)[C@H]1O.Oc1ccccc1. The number of hydrogen-bond acceptors (Lipinski definition) is 9. The Hall–Kier alpha value is -3.03. The second kappa shape index (κ2) is 14.1. The van der Waals surface area contributed by atoms with Gasteiger partial charge in [0.15, 0.2) is 18.0 Å². The summed E-state index contributed by atoms with van der Waals surface area (Å²) < 4.78 is 48.3. The van der Waals surface area contributed by atoms with Crippen LogP contribution in [-0.2, 0) is 18.8 Å². The van der Waals surface area contributed by atoms with Crippen LogP contribution >= 0.6 is 8.61 Å². The van der Waals surface area contributed by atoms with E-state index in [0.29, 0.717) is 10.3 Å². The summed E-state index contributed by atoms with van der Waals surface area (Å²) in [6, 6.07) is 9.12. The van der Waals surface area contributed by atoms with Crippen molar-refractivity contribution in [1.29, 1.82) is 0 Å². The fourth-order valence-corrected chi connectivity index (χ4v) is 3.14. The highest BCUT2D eigenvalue weighted by atomic mass is 31.1. The number of H-pyrrole nitrogens is 1. The number of benzene rings is 1. The number of aromatic amines is 1. The summed E-state index contributed by atoms with van der Waals surface area (Å²) in [4.78, 5) is 35.2. The number of aromatic hydroxyl groups is 1. The first-order chi connectivity index (χ1) is 17.2. The zero-order valence-corrected chi connectivity index (χ0v) is 21.4. The van der Waals surface area contributed by atoms with E-state index in [2.05, 4.69) is 9.82 Å². The molecule has 37 heavy (non-hydrogen) atoms. The number of carbonyl (C=O) groups is 1. The van der Waals surface area contributed by atoms with Gasteiger partial charge in [0.05, 0.1) is 6.10 Å². The Bertz CT molecular complexity index is 1130. The average Bonchev–Trinajstić information content (AvgIpc) is 3.01. The van der Waals surface area contributed by atoms with Gasteiger partial charge in [0.25, 0.3) is 11.4 Å². The number of halogens is 2. The zero-order valence-electron chi connectivity index (χ0n) is 20.5. The summed E-state index contributed by atoms with van der Waals surface area (Å²) in [7, 11) is -0.255. The van der Waals surface area contributed by atoms with Crippen molar-refractivity contribution in [3.8, 4) is 5.75 Å². The molecular formula is C22H30F2N3O9P. The molecule has 12 nitrogen and oxygen atoms in total. The van der Waals surface area contributed by atoms with Crippen LogP contribution in [0.2, 0.25) is 0 Å². The van der Waals surface area contributed by atoms with Crippen LogP contribution in [0.15, 0.2) is 52.2 Å². The Morgan fingerprint density at radius 3 is 2.24 bits per heavy atom. The standard InChI is InChI=1S/C10H12F2N2O5.C6H12NO3P.C6H6O/c1-9(11)6(17)10(12,4-15)19-7(9)14-3-2-5(16)13-8(14)18;1-4(2)10-6(8)5(3)7-11-9;7-6-4-2-1-3-5-6/h2-3,6-7,15,17H,4H2,1H3,(H,13,16,18);4-5H,1-3H3,(H,7,9);1-5,7H/t6-,7+,9+,10+;5-;/m00./s1. The van der Waals surface area contributed by atoms with Crippen LogP contribution in [-0.4, -0.2) is 67.2 Å². The first kappa shape index (κ1) is 32.0. The number of esters is 1. The molecule has 1 saturated heterocycles. The number of phenols is 1. The molecule has 3 rings (SSSR count). The second-order valence-corrected chi connectivity index (χ2v) is 8.69. The number of aliphatic hydroxyl groups excluding tert-OH is 2. The smallest absolute Gasteiger partial charge is 0.330 e. The van der Waals surface area contributed by atoms with Crippen molar-refractivity contribution in [2.45, 2.75) is 63.7 Å². The van der Waals surface area contributed by atoms with E-state index in [0.717, 1.165) is 19.2 Å². The van der Waals surface area contributed by atoms with Gasteiger partial charge in [0.1, 0.15) is 18.4 Å². The molecule has 1 aromatic heterocycles. The van der Waals surface area contributed by atoms with E-state index in [1.54, 1.807) is 45.0 Å². The molecule has 0 spiro atoms. The van der Waals surface area contributed by atoms with E-state index in [9.17, 15) is 32.8 Å². The molecule has 206 valence electrons. The Morgan fingerprint density at radius 2 is 1.84 bits per heavy atom. The first-order valence-electron chi connectivity index (χ1n) is 10.9. The number of para-hydroxylation sites is 1. The summed E-state index contributed by atoms with van der Waals surface area (Å²) in [5.74, 6) is -3.09. The van der Waals surface area contributed by atoms with Crippen LogP contribution in [0.1, 0.15) is 33.9 Å². The summed E-state index contributed by atoms with van der Waals surface area (Å²) in [5, 5.41) is 29.4. The molecule has 0 unspecified atom stereocenters. The highest BCUT2D eigenvalue weighted by Crippen LogP contribution is 2.46. The summed E-state index contributed by atoms with van der Waals surface area (Å²) >= 11 is 0. The number of nitrogens with one attached hydrogen (secondary N) is 2. The lowest BCUT2D eigenvalue weighted by Crippen LogP contribution is -2.47. The third-order valence-electron chi connectivity index (χ3n) is 4.76. The number of aromatic nitrogens is 2. The van der Waals surface area contributed by atoms with Crippen molar-refractivity contribution in [2.24, 2.45) is 0 Å². The maximum absolute atomic E-state index is 14.3. The van der Waals surface area contributed by atoms with Crippen molar-refractivity contribution in [2.75, 3.05) is 6.61 Å². The van der Waals surface area contributed by atoms with E-state index in [1.807, 2.05) is 11.1 Å². The number of aliphatic hydroxyl groups is 2. The largest absolute Gasteiger partial charge is 0.508 e. The van der Waals surface area contributed by atoms with Gasteiger partial charge in [-0.15, -0.1) is 0 Å². The lowest BCUT2D eigenvalue weighted by atomic mass is 9.97. The number of phenolic OH excluding ortho intramolecular Hbond substituents is 1. The normalized spacial score (nSPS) is 25.4. The molecule has 1 aromatic carbocycles. The predicted molar refractivity (Wildman–Crippen MR) is 127 cm³/mol. The van der Waals surface area contributed by atoms with Gasteiger partial charge in [-0.05, 0) is 39.8 Å². The topological polar surface area (TPSA) is 180 Å². The minimum atomic E-state index is -3.02. The van der Waals surface area contributed by atoms with Crippen LogP contribution in [0.5, 0.6) is 5.75 Å². The van der Waals surface area contributed by atoms with Crippen LogP contribution in [0.4, 0.5) is 8.78 Å². The van der Waals surface area contributed by atoms with Gasteiger partial charge in [-0.2, -0.15) is 0 Å².